The van der Waals surface area contributed by atoms with Gasteiger partial charge in [-0.3, -0.25) is 9.59 Å². The third-order valence-corrected chi connectivity index (χ3v) is 4.01. The van der Waals surface area contributed by atoms with Gasteiger partial charge in [0.05, 0.1) is 11.5 Å². The highest BCUT2D eigenvalue weighted by Gasteiger charge is 2.28. The molecular weight excluding hydrogens is 278 g/mol. The summed E-state index contributed by atoms with van der Waals surface area (Å²) in [5.74, 6) is 1.99. The molecule has 2 rings (SSSR count). The van der Waals surface area contributed by atoms with Gasteiger partial charge in [0.25, 0.3) is 0 Å². The molecule has 2 N–H and O–H groups in total. The lowest BCUT2D eigenvalue weighted by molar-refractivity contribution is -0.119. The predicted molar refractivity (Wildman–Crippen MR) is 77.5 cm³/mol. The van der Waals surface area contributed by atoms with Crippen molar-refractivity contribution in [3.05, 3.63) is 11.8 Å². The van der Waals surface area contributed by atoms with Gasteiger partial charge >= 0.3 is 0 Å². The maximum atomic E-state index is 11.6. The molecule has 1 aliphatic rings. The number of hydrogen-bond donors (Lipinski definition) is 2. The number of nitrogens with one attached hydrogen (secondary N) is 2. The van der Waals surface area contributed by atoms with Crippen molar-refractivity contribution in [3.8, 4) is 0 Å². The summed E-state index contributed by atoms with van der Waals surface area (Å²) < 4.78 is 4.84. The number of amides is 2. The Bertz CT molecular complexity index is 485. The number of carbonyl (C=O) groups excluding carboxylic acids is 2. The second kappa shape index (κ2) is 6.78. The van der Waals surface area contributed by atoms with Gasteiger partial charge in [0.1, 0.15) is 5.76 Å². The van der Waals surface area contributed by atoms with E-state index in [9.17, 15) is 9.59 Å². The van der Waals surface area contributed by atoms with Gasteiger partial charge in [-0.25, -0.2) is 0 Å². The molecular formula is C13H19N3O3S. The van der Waals surface area contributed by atoms with Gasteiger partial charge in [-0.2, -0.15) is 0 Å². The maximum absolute atomic E-state index is 11.6. The zero-order valence-electron chi connectivity index (χ0n) is 11.6. The largest absolute Gasteiger partial charge is 0.360 e. The molecule has 0 aliphatic heterocycles. The minimum absolute atomic E-state index is 0.0144. The van der Waals surface area contributed by atoms with E-state index in [4.69, 9.17) is 4.52 Å². The Labute approximate surface area is 122 Å². The first-order valence-corrected chi connectivity index (χ1v) is 7.80. The molecule has 1 atom stereocenters. The van der Waals surface area contributed by atoms with Crippen molar-refractivity contribution >= 4 is 29.4 Å². The molecule has 2 amide bonds. The molecule has 1 heterocycles. The zero-order valence-corrected chi connectivity index (χ0v) is 12.5. The number of anilines is 1. The number of rotatable bonds is 7. The minimum atomic E-state index is -0.189. The van der Waals surface area contributed by atoms with Crippen molar-refractivity contribution in [2.75, 3.05) is 16.8 Å². The number of carbonyl (C=O) groups is 2. The van der Waals surface area contributed by atoms with E-state index in [1.807, 2.05) is 6.92 Å². The van der Waals surface area contributed by atoms with E-state index >= 15 is 0 Å². The molecule has 1 aromatic heterocycles. The number of aryl methyl sites for hydroxylation is 1. The first-order valence-electron chi connectivity index (χ1n) is 6.65. The Hall–Kier alpha value is -1.50. The molecule has 20 heavy (non-hydrogen) atoms. The summed E-state index contributed by atoms with van der Waals surface area (Å²) in [6.07, 6.45) is 2.40. The van der Waals surface area contributed by atoms with Crippen LogP contribution in [0.4, 0.5) is 5.82 Å². The summed E-state index contributed by atoms with van der Waals surface area (Å²) in [7, 11) is 0. The van der Waals surface area contributed by atoms with E-state index in [1.165, 1.54) is 24.6 Å². The van der Waals surface area contributed by atoms with Crippen molar-refractivity contribution in [2.45, 2.75) is 32.7 Å². The van der Waals surface area contributed by atoms with Gasteiger partial charge in [0, 0.05) is 12.1 Å². The average Bonchev–Trinajstić information content (AvgIpc) is 3.14. The summed E-state index contributed by atoms with van der Waals surface area (Å²) in [6, 6.07) is 1.89. The van der Waals surface area contributed by atoms with Crippen molar-refractivity contribution in [2.24, 2.45) is 5.92 Å². The molecule has 6 nitrogen and oxygen atoms in total. The van der Waals surface area contributed by atoms with Crippen LogP contribution in [-0.2, 0) is 9.59 Å². The fourth-order valence-corrected chi connectivity index (χ4v) is 2.48. The molecule has 110 valence electrons. The lowest BCUT2D eigenvalue weighted by Gasteiger charge is -2.12. The third-order valence-electron chi connectivity index (χ3n) is 3.08. The highest BCUT2D eigenvalue weighted by Crippen LogP contribution is 2.32. The topological polar surface area (TPSA) is 84.2 Å². The quantitative estimate of drug-likeness (QED) is 0.798. The van der Waals surface area contributed by atoms with Crippen LogP contribution in [0.25, 0.3) is 0 Å². The highest BCUT2D eigenvalue weighted by molar-refractivity contribution is 8.00. The standard InChI is InChI=1S/C13H19N3O3S/c1-8-5-11(16-19-8)15-13(18)7-20-6-12(17)14-9(2)10-3-4-10/h5,9-10H,3-4,6-7H2,1-2H3,(H,14,17)(H,15,16,18). The van der Waals surface area contributed by atoms with E-state index < -0.39 is 0 Å². The summed E-state index contributed by atoms with van der Waals surface area (Å²) >= 11 is 1.29. The Morgan fingerprint density at radius 1 is 1.45 bits per heavy atom. The molecule has 1 unspecified atom stereocenters. The van der Waals surface area contributed by atoms with Gasteiger partial charge in [-0.1, -0.05) is 5.16 Å². The van der Waals surface area contributed by atoms with E-state index in [-0.39, 0.29) is 23.6 Å². The molecule has 1 saturated carbocycles. The van der Waals surface area contributed by atoms with Crippen molar-refractivity contribution in [3.63, 3.8) is 0 Å². The fraction of sp³-hybridized carbons (Fsp3) is 0.615. The monoisotopic (exact) mass is 297 g/mol. The Balaban J connectivity index is 1.59. The van der Waals surface area contributed by atoms with Crippen LogP contribution in [0.5, 0.6) is 0 Å². The van der Waals surface area contributed by atoms with Crippen LogP contribution in [0.3, 0.4) is 0 Å². The van der Waals surface area contributed by atoms with Crippen LogP contribution in [0.15, 0.2) is 10.6 Å². The van der Waals surface area contributed by atoms with E-state index in [0.717, 1.165) is 0 Å². The van der Waals surface area contributed by atoms with Crippen LogP contribution < -0.4 is 10.6 Å². The maximum Gasteiger partial charge on any atom is 0.235 e. The van der Waals surface area contributed by atoms with Gasteiger partial charge < -0.3 is 15.2 Å². The van der Waals surface area contributed by atoms with Crippen LogP contribution in [0.1, 0.15) is 25.5 Å². The first kappa shape index (κ1) is 14.9. The second-order valence-corrected chi connectivity index (χ2v) is 6.04. The first-order chi connectivity index (χ1) is 9.54. The number of thioether (sulfide) groups is 1. The van der Waals surface area contributed by atoms with Gasteiger partial charge in [-0.15, -0.1) is 11.8 Å². The molecule has 7 heteroatoms. The van der Waals surface area contributed by atoms with Crippen molar-refractivity contribution < 1.29 is 14.1 Å². The van der Waals surface area contributed by atoms with Crippen LogP contribution in [0, 0.1) is 12.8 Å². The van der Waals surface area contributed by atoms with Crippen LogP contribution >= 0.6 is 11.8 Å². The van der Waals surface area contributed by atoms with E-state index in [0.29, 0.717) is 23.2 Å². The summed E-state index contributed by atoms with van der Waals surface area (Å²) in [6.45, 7) is 3.78. The Morgan fingerprint density at radius 2 is 2.15 bits per heavy atom. The molecule has 0 spiro atoms. The summed E-state index contributed by atoms with van der Waals surface area (Å²) in [4.78, 5) is 23.2. The summed E-state index contributed by atoms with van der Waals surface area (Å²) in [5.41, 5.74) is 0. The molecule has 0 radical (unpaired) electrons. The minimum Gasteiger partial charge on any atom is -0.360 e. The molecule has 1 aromatic rings. The van der Waals surface area contributed by atoms with E-state index in [2.05, 4.69) is 15.8 Å². The molecule has 1 fully saturated rings. The second-order valence-electron chi connectivity index (χ2n) is 5.06. The van der Waals surface area contributed by atoms with Crippen LogP contribution in [-0.4, -0.2) is 34.5 Å². The van der Waals surface area contributed by atoms with Gasteiger partial charge in [-0.05, 0) is 32.6 Å². The highest BCUT2D eigenvalue weighted by atomic mass is 32.2. The number of nitrogens with zero attached hydrogens (tertiary/aromatic N) is 1. The molecule has 0 saturated heterocycles. The fourth-order valence-electron chi connectivity index (χ4n) is 1.85. The SMILES string of the molecule is Cc1cc(NC(=O)CSCC(=O)NC(C)C2CC2)no1. The normalized spacial score (nSPS) is 15.7. The molecule has 0 bridgehead atoms. The van der Waals surface area contributed by atoms with Gasteiger partial charge in [0.15, 0.2) is 5.82 Å². The number of hydrogen-bond acceptors (Lipinski definition) is 5. The van der Waals surface area contributed by atoms with E-state index in [1.54, 1.807) is 13.0 Å². The van der Waals surface area contributed by atoms with Crippen LogP contribution in [0.2, 0.25) is 0 Å². The van der Waals surface area contributed by atoms with Crippen molar-refractivity contribution in [1.29, 1.82) is 0 Å². The smallest absolute Gasteiger partial charge is 0.235 e. The lowest BCUT2D eigenvalue weighted by atomic mass is 10.2. The summed E-state index contributed by atoms with van der Waals surface area (Å²) in [5, 5.41) is 9.23. The average molecular weight is 297 g/mol. The lowest BCUT2D eigenvalue weighted by Crippen LogP contribution is -2.35. The molecule has 1 aliphatic carbocycles. The third kappa shape index (κ3) is 4.88. The zero-order chi connectivity index (χ0) is 14.5. The number of aromatic nitrogens is 1. The Kier molecular flexibility index (Phi) is 5.05. The predicted octanol–water partition coefficient (Wildman–Crippen LogP) is 1.57. The molecule has 0 aromatic carbocycles. The Morgan fingerprint density at radius 3 is 2.75 bits per heavy atom. The van der Waals surface area contributed by atoms with Gasteiger partial charge in [0.2, 0.25) is 11.8 Å². The van der Waals surface area contributed by atoms with Crippen molar-refractivity contribution in [1.82, 2.24) is 10.5 Å².